The molecule has 2 saturated heterocycles. The van der Waals surface area contributed by atoms with Crippen molar-refractivity contribution in [2.45, 2.75) is 32.1 Å². The smallest absolute Gasteiger partial charge is 0.378 e. The summed E-state index contributed by atoms with van der Waals surface area (Å²) in [5.74, 6) is -5.03. The lowest BCUT2D eigenvalue weighted by atomic mass is 9.95. The molecule has 10 nitrogen and oxygen atoms in total. The number of carbonyl (C=O) groups is 3. The van der Waals surface area contributed by atoms with E-state index in [9.17, 15) is 27.6 Å². The van der Waals surface area contributed by atoms with Crippen LogP contribution in [-0.4, -0.2) is 103 Å². The van der Waals surface area contributed by atoms with Crippen LogP contribution < -0.4 is 10.2 Å². The van der Waals surface area contributed by atoms with E-state index < -0.39 is 35.3 Å². The molecule has 0 bridgehead atoms. The number of piperazine rings is 1. The Morgan fingerprint density at radius 3 is 2.44 bits per heavy atom. The Bertz CT molecular complexity index is 1470. The summed E-state index contributed by atoms with van der Waals surface area (Å²) in [5.41, 5.74) is -1.03. The topological polar surface area (TPSA) is 107 Å². The molecule has 3 atom stereocenters. The number of rotatable bonds is 5. The summed E-state index contributed by atoms with van der Waals surface area (Å²) >= 11 is 0.971. The SMILES string of the molecule is C[C@@H]1CN(c2cc(F)c(-c3ncc(C(=O)N4CCOCC4)s3)cc2NC(=O)C2C=NC(=O)C=C2C(F)(F)F)C[C@H](C)N1C. The fourth-order valence-corrected chi connectivity index (χ4v) is 6.18. The number of thiazole rings is 1. The van der Waals surface area contributed by atoms with Crippen LogP contribution in [0.2, 0.25) is 0 Å². The van der Waals surface area contributed by atoms with Gasteiger partial charge in [0, 0.05) is 62.2 Å². The van der Waals surface area contributed by atoms with Gasteiger partial charge in [-0.1, -0.05) is 0 Å². The van der Waals surface area contributed by atoms with Crippen LogP contribution in [0.4, 0.5) is 28.9 Å². The maximum Gasteiger partial charge on any atom is 0.414 e. The summed E-state index contributed by atoms with van der Waals surface area (Å²) in [6.45, 7) is 6.55. The lowest BCUT2D eigenvalue weighted by Crippen LogP contribution is -2.55. The Morgan fingerprint density at radius 1 is 1.12 bits per heavy atom. The van der Waals surface area contributed by atoms with Crippen molar-refractivity contribution in [3.05, 3.63) is 40.7 Å². The highest BCUT2D eigenvalue weighted by Gasteiger charge is 2.43. The van der Waals surface area contributed by atoms with E-state index >= 15 is 4.39 Å². The van der Waals surface area contributed by atoms with Gasteiger partial charge in [-0.05, 0) is 27.0 Å². The first-order chi connectivity index (χ1) is 20.3. The first-order valence-electron chi connectivity index (χ1n) is 13.6. The Morgan fingerprint density at radius 2 is 1.79 bits per heavy atom. The number of anilines is 2. The van der Waals surface area contributed by atoms with Gasteiger partial charge in [0.1, 0.15) is 21.6 Å². The van der Waals surface area contributed by atoms with E-state index in [4.69, 9.17) is 4.74 Å². The van der Waals surface area contributed by atoms with E-state index in [-0.39, 0.29) is 44.8 Å². The summed E-state index contributed by atoms with van der Waals surface area (Å²) in [5, 5.41) is 2.70. The minimum Gasteiger partial charge on any atom is -0.378 e. The molecule has 3 aliphatic rings. The van der Waals surface area contributed by atoms with Gasteiger partial charge in [-0.25, -0.2) is 14.4 Å². The largest absolute Gasteiger partial charge is 0.414 e. The molecule has 5 rings (SSSR count). The van der Waals surface area contributed by atoms with Crippen LogP contribution in [0.3, 0.4) is 0 Å². The zero-order chi connectivity index (χ0) is 31.1. The van der Waals surface area contributed by atoms with Crippen LogP contribution in [0, 0.1) is 11.7 Å². The van der Waals surface area contributed by atoms with Gasteiger partial charge in [-0.2, -0.15) is 13.2 Å². The van der Waals surface area contributed by atoms with Crippen LogP contribution in [0.5, 0.6) is 0 Å². The second-order valence-electron chi connectivity index (χ2n) is 10.7. The molecule has 0 spiro atoms. The molecule has 4 heterocycles. The number of nitrogens with zero attached hydrogens (tertiary/aromatic N) is 5. The molecule has 15 heteroatoms. The predicted molar refractivity (Wildman–Crippen MR) is 153 cm³/mol. The fourth-order valence-electron chi connectivity index (χ4n) is 5.28. The number of aliphatic imine (C=N–C) groups is 1. The third-order valence-electron chi connectivity index (χ3n) is 7.86. The van der Waals surface area contributed by atoms with Crippen molar-refractivity contribution >= 4 is 46.6 Å². The predicted octanol–water partition coefficient (Wildman–Crippen LogP) is 3.60. The summed E-state index contributed by atoms with van der Waals surface area (Å²) in [4.78, 5) is 51.4. The van der Waals surface area contributed by atoms with Crippen molar-refractivity contribution < 1.29 is 36.7 Å². The summed E-state index contributed by atoms with van der Waals surface area (Å²) < 4.78 is 62.2. The van der Waals surface area contributed by atoms with Gasteiger partial charge in [0.25, 0.3) is 11.8 Å². The van der Waals surface area contributed by atoms with Crippen molar-refractivity contribution in [1.29, 1.82) is 0 Å². The number of morpholine rings is 1. The van der Waals surface area contributed by atoms with Crippen molar-refractivity contribution in [3.8, 4) is 10.6 Å². The van der Waals surface area contributed by atoms with Crippen molar-refractivity contribution in [2.75, 3.05) is 56.7 Å². The van der Waals surface area contributed by atoms with E-state index in [2.05, 4.69) is 20.2 Å². The van der Waals surface area contributed by atoms with Crippen LogP contribution >= 0.6 is 11.3 Å². The van der Waals surface area contributed by atoms with Gasteiger partial charge in [-0.3, -0.25) is 19.3 Å². The molecule has 3 aliphatic heterocycles. The quantitative estimate of drug-likeness (QED) is 0.508. The van der Waals surface area contributed by atoms with Crippen molar-refractivity contribution in [2.24, 2.45) is 10.9 Å². The van der Waals surface area contributed by atoms with E-state index in [0.29, 0.717) is 51.7 Å². The van der Waals surface area contributed by atoms with Gasteiger partial charge >= 0.3 is 6.18 Å². The normalized spacial score (nSPS) is 23.4. The molecule has 43 heavy (non-hydrogen) atoms. The zero-order valence-electron chi connectivity index (χ0n) is 23.7. The number of amides is 3. The minimum atomic E-state index is -4.95. The van der Waals surface area contributed by atoms with Gasteiger partial charge in [0.2, 0.25) is 5.91 Å². The number of hydrogen-bond donors (Lipinski definition) is 1. The minimum absolute atomic E-state index is 0.0284. The molecule has 1 aromatic heterocycles. The van der Waals surface area contributed by atoms with Gasteiger partial charge < -0.3 is 19.9 Å². The number of nitrogens with one attached hydrogen (secondary N) is 1. The fraction of sp³-hybridized carbons (Fsp3) is 0.464. The first-order valence-corrected chi connectivity index (χ1v) is 14.5. The second-order valence-corrected chi connectivity index (χ2v) is 11.8. The number of halogens is 4. The molecule has 0 aliphatic carbocycles. The third-order valence-corrected chi connectivity index (χ3v) is 8.88. The lowest BCUT2D eigenvalue weighted by Gasteiger charge is -2.44. The Kier molecular flexibility index (Phi) is 8.68. The highest BCUT2D eigenvalue weighted by atomic mass is 32.1. The molecule has 0 radical (unpaired) electrons. The van der Waals surface area contributed by atoms with E-state index in [1.165, 1.54) is 18.3 Å². The van der Waals surface area contributed by atoms with Gasteiger partial charge in [-0.15, -0.1) is 11.3 Å². The Balaban J connectivity index is 1.51. The molecular formula is C28H30F4N6O4S. The molecule has 230 valence electrons. The van der Waals surface area contributed by atoms with Gasteiger partial charge in [0.05, 0.1) is 36.4 Å². The monoisotopic (exact) mass is 622 g/mol. The average Bonchev–Trinajstić information content (AvgIpc) is 3.46. The van der Waals surface area contributed by atoms with Crippen molar-refractivity contribution in [3.63, 3.8) is 0 Å². The second kappa shape index (κ2) is 12.1. The van der Waals surface area contributed by atoms with Gasteiger partial charge in [0.15, 0.2) is 0 Å². The summed E-state index contributed by atoms with van der Waals surface area (Å²) in [7, 11) is 1.96. The van der Waals surface area contributed by atoms with Crippen LogP contribution in [0.1, 0.15) is 23.5 Å². The number of likely N-dealkylation sites (N-methyl/N-ethyl adjacent to an activating group) is 1. The number of hydrogen-bond acceptors (Lipinski definition) is 8. The Hall–Kier alpha value is -3.69. The lowest BCUT2D eigenvalue weighted by molar-refractivity contribution is -0.124. The molecule has 1 N–H and O–H groups in total. The number of aromatic nitrogens is 1. The number of benzene rings is 1. The van der Waals surface area contributed by atoms with Crippen LogP contribution in [-0.2, 0) is 14.3 Å². The molecular weight excluding hydrogens is 592 g/mol. The molecule has 1 unspecified atom stereocenters. The highest BCUT2D eigenvalue weighted by Crippen LogP contribution is 2.39. The number of ether oxygens (including phenoxy) is 1. The number of dihydropyridines is 1. The van der Waals surface area contributed by atoms with E-state index in [1.807, 2.05) is 25.8 Å². The van der Waals surface area contributed by atoms with Crippen LogP contribution in [0.15, 0.2) is 35.0 Å². The average molecular weight is 623 g/mol. The summed E-state index contributed by atoms with van der Waals surface area (Å²) in [6, 6.07) is 2.65. The maximum absolute atomic E-state index is 15.7. The van der Waals surface area contributed by atoms with Crippen molar-refractivity contribution in [1.82, 2.24) is 14.8 Å². The van der Waals surface area contributed by atoms with Crippen LogP contribution in [0.25, 0.3) is 10.6 Å². The molecule has 2 fully saturated rings. The molecule has 3 amide bonds. The number of alkyl halides is 3. The standard InChI is InChI=1S/C28H30F4N6O4S/c1-15-13-38(14-16(2)36(15)3)22-10-20(29)17(26-34-12-23(43-26)27(41)37-4-6-42-7-5-37)8-21(22)35-25(40)18-11-33-24(39)9-19(18)28(30,31)32/h8-12,15-16,18H,4-7,13-14H2,1-3H3,(H,35,40)/t15-,16+,18?. The highest BCUT2D eigenvalue weighted by molar-refractivity contribution is 7.16. The number of carbonyl (C=O) groups excluding carboxylic acids is 3. The molecule has 1 aromatic carbocycles. The third kappa shape index (κ3) is 6.48. The molecule has 0 saturated carbocycles. The molecule has 2 aromatic rings. The Labute approximate surface area is 249 Å². The van der Waals surface area contributed by atoms with E-state index in [1.54, 1.807) is 4.90 Å². The maximum atomic E-state index is 15.7. The zero-order valence-corrected chi connectivity index (χ0v) is 24.5. The summed E-state index contributed by atoms with van der Waals surface area (Å²) in [6.07, 6.45) is -2.64. The van der Waals surface area contributed by atoms with E-state index in [0.717, 1.165) is 11.3 Å². The first kappa shape index (κ1) is 30.8.